The summed E-state index contributed by atoms with van der Waals surface area (Å²) < 4.78 is 27.1. The fourth-order valence-electron chi connectivity index (χ4n) is 2.26. The Labute approximate surface area is 109 Å². The van der Waals surface area contributed by atoms with Gasteiger partial charge in [0, 0.05) is 18.3 Å². The molecule has 2 N–H and O–H groups in total. The highest BCUT2D eigenvalue weighted by atomic mass is 32.2. The minimum Gasteiger partial charge on any atom is -0.384 e. The molecule has 1 aromatic rings. The highest BCUT2D eigenvalue weighted by Crippen LogP contribution is 2.25. The van der Waals surface area contributed by atoms with E-state index in [-0.39, 0.29) is 6.04 Å². The van der Waals surface area contributed by atoms with Gasteiger partial charge in [0.1, 0.15) is 0 Å². The van der Waals surface area contributed by atoms with Crippen LogP contribution in [-0.4, -0.2) is 21.0 Å². The molecule has 100 valence electrons. The van der Waals surface area contributed by atoms with Gasteiger partial charge in [-0.15, -0.1) is 0 Å². The Morgan fingerprint density at radius 1 is 1.44 bits per heavy atom. The van der Waals surface area contributed by atoms with Crippen molar-refractivity contribution in [3.05, 3.63) is 23.8 Å². The van der Waals surface area contributed by atoms with Gasteiger partial charge in [0.05, 0.1) is 4.90 Å². The van der Waals surface area contributed by atoms with Crippen LogP contribution in [0.25, 0.3) is 0 Å². The third kappa shape index (κ3) is 2.84. The summed E-state index contributed by atoms with van der Waals surface area (Å²) in [6.07, 6.45) is 2.78. The molecular weight excluding hydrogens is 248 g/mol. The number of sulfonamides is 1. The van der Waals surface area contributed by atoms with E-state index >= 15 is 0 Å². The van der Waals surface area contributed by atoms with Crippen LogP contribution >= 0.6 is 0 Å². The van der Waals surface area contributed by atoms with E-state index in [1.54, 1.807) is 12.1 Å². The zero-order chi connectivity index (χ0) is 13.2. The molecule has 0 spiro atoms. The molecule has 2 rings (SSSR count). The van der Waals surface area contributed by atoms with Crippen molar-refractivity contribution in [1.82, 2.24) is 4.72 Å². The van der Waals surface area contributed by atoms with Gasteiger partial charge >= 0.3 is 0 Å². The Morgan fingerprint density at radius 2 is 2.22 bits per heavy atom. The monoisotopic (exact) mass is 268 g/mol. The van der Waals surface area contributed by atoms with Gasteiger partial charge in [-0.25, -0.2) is 13.1 Å². The minimum atomic E-state index is -3.39. The SMILES string of the molecule is CCCC(C)NS(=O)(=O)c1ccc2c(c1)NCC2. The first-order valence-corrected chi connectivity index (χ1v) is 7.90. The zero-order valence-corrected chi connectivity index (χ0v) is 11.7. The Bertz CT molecular complexity index is 526. The van der Waals surface area contributed by atoms with Crippen LogP contribution in [0.3, 0.4) is 0 Å². The van der Waals surface area contributed by atoms with Gasteiger partial charge in [-0.05, 0) is 37.5 Å². The second kappa shape index (κ2) is 5.28. The standard InChI is InChI=1S/C13H20N2O2S/c1-3-4-10(2)15-18(16,17)12-6-5-11-7-8-14-13(11)9-12/h5-6,9-10,14-15H,3-4,7-8H2,1-2H3. The van der Waals surface area contributed by atoms with Gasteiger partial charge in [0.2, 0.25) is 10.0 Å². The normalized spacial score (nSPS) is 16.1. The number of rotatable bonds is 5. The average Bonchev–Trinajstić information content (AvgIpc) is 2.75. The van der Waals surface area contributed by atoms with Gasteiger partial charge < -0.3 is 5.32 Å². The van der Waals surface area contributed by atoms with Crippen LogP contribution in [0.5, 0.6) is 0 Å². The molecule has 4 nitrogen and oxygen atoms in total. The van der Waals surface area contributed by atoms with Crippen molar-refractivity contribution in [2.24, 2.45) is 0 Å². The van der Waals surface area contributed by atoms with E-state index in [9.17, 15) is 8.42 Å². The summed E-state index contributed by atoms with van der Waals surface area (Å²) in [5.41, 5.74) is 2.14. The first-order valence-electron chi connectivity index (χ1n) is 6.42. The van der Waals surface area contributed by atoms with Crippen molar-refractivity contribution in [2.45, 2.75) is 44.0 Å². The van der Waals surface area contributed by atoms with Crippen LogP contribution in [0.15, 0.2) is 23.1 Å². The molecule has 1 unspecified atom stereocenters. The maximum absolute atomic E-state index is 12.2. The summed E-state index contributed by atoms with van der Waals surface area (Å²) in [7, 11) is -3.39. The second-order valence-electron chi connectivity index (χ2n) is 4.81. The highest BCUT2D eigenvalue weighted by Gasteiger charge is 2.19. The number of anilines is 1. The molecule has 1 atom stereocenters. The van der Waals surface area contributed by atoms with Crippen LogP contribution in [0.2, 0.25) is 0 Å². The van der Waals surface area contributed by atoms with Crippen LogP contribution in [-0.2, 0) is 16.4 Å². The molecular formula is C13H20N2O2S. The lowest BCUT2D eigenvalue weighted by Crippen LogP contribution is -2.32. The molecule has 0 fully saturated rings. The smallest absolute Gasteiger partial charge is 0.240 e. The fourth-order valence-corrected chi connectivity index (χ4v) is 3.57. The summed E-state index contributed by atoms with van der Waals surface area (Å²) in [5.74, 6) is 0. The zero-order valence-electron chi connectivity index (χ0n) is 10.9. The van der Waals surface area contributed by atoms with Gasteiger partial charge in [0.25, 0.3) is 0 Å². The van der Waals surface area contributed by atoms with Crippen molar-refractivity contribution in [3.63, 3.8) is 0 Å². The maximum Gasteiger partial charge on any atom is 0.240 e. The second-order valence-corrected chi connectivity index (χ2v) is 6.52. The summed E-state index contributed by atoms with van der Waals surface area (Å²) in [5, 5.41) is 3.20. The Kier molecular flexibility index (Phi) is 3.92. The number of benzene rings is 1. The van der Waals surface area contributed by atoms with E-state index in [0.29, 0.717) is 4.90 Å². The van der Waals surface area contributed by atoms with Crippen molar-refractivity contribution >= 4 is 15.7 Å². The van der Waals surface area contributed by atoms with Crippen LogP contribution in [0.4, 0.5) is 5.69 Å². The molecule has 0 aromatic heterocycles. The molecule has 1 heterocycles. The quantitative estimate of drug-likeness (QED) is 0.860. The number of hydrogen-bond acceptors (Lipinski definition) is 3. The van der Waals surface area contributed by atoms with E-state index in [4.69, 9.17) is 0 Å². The molecule has 0 radical (unpaired) electrons. The van der Waals surface area contributed by atoms with E-state index in [0.717, 1.165) is 31.5 Å². The van der Waals surface area contributed by atoms with Crippen LogP contribution < -0.4 is 10.0 Å². The number of fused-ring (bicyclic) bond motifs is 1. The molecule has 0 aliphatic carbocycles. The lowest BCUT2D eigenvalue weighted by atomic mass is 10.2. The summed E-state index contributed by atoms with van der Waals surface area (Å²) in [6, 6.07) is 5.28. The van der Waals surface area contributed by atoms with E-state index < -0.39 is 10.0 Å². The lowest BCUT2D eigenvalue weighted by Gasteiger charge is -2.14. The van der Waals surface area contributed by atoms with Crippen molar-refractivity contribution < 1.29 is 8.42 Å². The predicted octanol–water partition coefficient (Wildman–Crippen LogP) is 2.12. The summed E-state index contributed by atoms with van der Waals surface area (Å²) in [6.45, 7) is 4.83. The average molecular weight is 268 g/mol. The molecule has 0 amide bonds. The van der Waals surface area contributed by atoms with E-state index in [1.165, 1.54) is 5.56 Å². The largest absolute Gasteiger partial charge is 0.384 e. The first-order chi connectivity index (χ1) is 8.53. The van der Waals surface area contributed by atoms with E-state index in [2.05, 4.69) is 10.0 Å². The van der Waals surface area contributed by atoms with Crippen LogP contribution in [0.1, 0.15) is 32.3 Å². The van der Waals surface area contributed by atoms with Gasteiger partial charge in [-0.2, -0.15) is 0 Å². The topological polar surface area (TPSA) is 58.2 Å². The summed E-state index contributed by atoms with van der Waals surface area (Å²) >= 11 is 0. The van der Waals surface area contributed by atoms with Crippen LogP contribution in [0, 0.1) is 0 Å². The van der Waals surface area contributed by atoms with Crippen molar-refractivity contribution in [1.29, 1.82) is 0 Å². The molecule has 1 aliphatic rings. The third-order valence-corrected chi connectivity index (χ3v) is 4.77. The summed E-state index contributed by atoms with van der Waals surface area (Å²) in [4.78, 5) is 0.346. The number of nitrogens with one attached hydrogen (secondary N) is 2. The van der Waals surface area contributed by atoms with Crippen molar-refractivity contribution in [3.8, 4) is 0 Å². The molecule has 1 aliphatic heterocycles. The van der Waals surface area contributed by atoms with Gasteiger partial charge in [0.15, 0.2) is 0 Å². The Morgan fingerprint density at radius 3 is 2.94 bits per heavy atom. The first kappa shape index (κ1) is 13.4. The Hall–Kier alpha value is -1.07. The minimum absolute atomic E-state index is 0.0267. The lowest BCUT2D eigenvalue weighted by molar-refractivity contribution is 0.544. The van der Waals surface area contributed by atoms with Gasteiger partial charge in [-0.3, -0.25) is 0 Å². The third-order valence-electron chi connectivity index (χ3n) is 3.18. The molecule has 0 saturated carbocycles. The van der Waals surface area contributed by atoms with Crippen molar-refractivity contribution in [2.75, 3.05) is 11.9 Å². The molecule has 0 saturated heterocycles. The number of hydrogen-bond donors (Lipinski definition) is 2. The van der Waals surface area contributed by atoms with E-state index in [1.807, 2.05) is 19.9 Å². The molecule has 1 aromatic carbocycles. The van der Waals surface area contributed by atoms with Gasteiger partial charge in [-0.1, -0.05) is 19.4 Å². The molecule has 18 heavy (non-hydrogen) atoms. The Balaban J connectivity index is 2.19. The maximum atomic E-state index is 12.2. The highest BCUT2D eigenvalue weighted by molar-refractivity contribution is 7.89. The molecule has 5 heteroatoms. The predicted molar refractivity (Wildman–Crippen MR) is 73.3 cm³/mol. The molecule has 0 bridgehead atoms. The fraction of sp³-hybridized carbons (Fsp3) is 0.538.